The van der Waals surface area contributed by atoms with Gasteiger partial charge in [0.05, 0.1) is 0 Å². The summed E-state index contributed by atoms with van der Waals surface area (Å²) >= 11 is 0. The zero-order valence-electron chi connectivity index (χ0n) is 15.5. The summed E-state index contributed by atoms with van der Waals surface area (Å²) in [4.78, 5) is 32.6. The van der Waals surface area contributed by atoms with Gasteiger partial charge in [-0.15, -0.1) is 0 Å². The van der Waals surface area contributed by atoms with Crippen LogP contribution in [-0.4, -0.2) is 73.1 Å². The Hall–Kier alpha value is -2.15. The van der Waals surface area contributed by atoms with Gasteiger partial charge < -0.3 is 19.3 Å². The molecule has 7 heteroatoms. The van der Waals surface area contributed by atoms with E-state index in [0.717, 1.165) is 25.7 Å². The lowest BCUT2D eigenvalue weighted by atomic mass is 9.97. The number of carbonyl (C=O) groups is 2. The highest BCUT2D eigenvalue weighted by molar-refractivity contribution is 5.96. The minimum Gasteiger partial charge on any atom is -0.474 e. The number of aromatic nitrogens is 1. The van der Waals surface area contributed by atoms with Crippen molar-refractivity contribution in [1.29, 1.82) is 0 Å². The maximum absolute atomic E-state index is 12.6. The van der Waals surface area contributed by atoms with Gasteiger partial charge in [-0.1, -0.05) is 0 Å². The van der Waals surface area contributed by atoms with E-state index < -0.39 is 0 Å². The van der Waals surface area contributed by atoms with Crippen molar-refractivity contribution in [2.24, 2.45) is 5.92 Å². The van der Waals surface area contributed by atoms with Crippen LogP contribution in [0.3, 0.4) is 0 Å². The Morgan fingerprint density at radius 3 is 2.54 bits per heavy atom. The van der Waals surface area contributed by atoms with Gasteiger partial charge in [0.1, 0.15) is 11.7 Å². The number of nitrogens with zero attached hydrogens (tertiary/aromatic N) is 3. The Balaban J connectivity index is 1.56. The van der Waals surface area contributed by atoms with E-state index in [4.69, 9.17) is 9.47 Å². The quantitative estimate of drug-likeness (QED) is 0.814. The van der Waals surface area contributed by atoms with E-state index in [9.17, 15) is 9.59 Å². The topological polar surface area (TPSA) is 72.0 Å². The maximum Gasteiger partial charge on any atom is 0.258 e. The standard InChI is InChI=1S/C19H27N3O4/c1-21(2)19(24)16-4-3-9-20-17(16)26-15-5-10-22(11-6-15)18(23)14-7-12-25-13-8-14/h3-4,9,14-15H,5-8,10-13H2,1-2H3. The number of carbonyl (C=O) groups excluding carboxylic acids is 2. The second kappa shape index (κ2) is 8.49. The molecule has 0 spiro atoms. The highest BCUT2D eigenvalue weighted by atomic mass is 16.5. The van der Waals surface area contributed by atoms with Gasteiger partial charge in [-0.25, -0.2) is 4.98 Å². The second-order valence-corrected chi connectivity index (χ2v) is 7.08. The third-order valence-corrected chi connectivity index (χ3v) is 5.01. The van der Waals surface area contributed by atoms with Gasteiger partial charge in [0.2, 0.25) is 11.8 Å². The van der Waals surface area contributed by atoms with Crippen LogP contribution in [0.2, 0.25) is 0 Å². The number of ether oxygens (including phenoxy) is 2. The molecular weight excluding hydrogens is 334 g/mol. The fraction of sp³-hybridized carbons (Fsp3) is 0.632. The van der Waals surface area contributed by atoms with Crippen LogP contribution in [-0.2, 0) is 9.53 Å². The number of amides is 2. The highest BCUT2D eigenvalue weighted by Gasteiger charge is 2.30. The second-order valence-electron chi connectivity index (χ2n) is 7.08. The molecule has 3 rings (SSSR count). The van der Waals surface area contributed by atoms with Crippen LogP contribution < -0.4 is 4.74 Å². The number of hydrogen-bond acceptors (Lipinski definition) is 5. The predicted octanol–water partition coefficient (Wildman–Crippen LogP) is 1.58. The molecule has 3 heterocycles. The molecule has 0 bridgehead atoms. The molecule has 0 aliphatic carbocycles. The van der Waals surface area contributed by atoms with Gasteiger partial charge in [-0.3, -0.25) is 9.59 Å². The van der Waals surface area contributed by atoms with Crippen molar-refractivity contribution < 1.29 is 19.1 Å². The largest absolute Gasteiger partial charge is 0.474 e. The van der Waals surface area contributed by atoms with Crippen LogP contribution in [0.15, 0.2) is 18.3 Å². The molecule has 2 aliphatic heterocycles. The molecule has 2 fully saturated rings. The summed E-state index contributed by atoms with van der Waals surface area (Å²) in [5.41, 5.74) is 0.471. The van der Waals surface area contributed by atoms with E-state index in [2.05, 4.69) is 4.98 Å². The molecule has 0 N–H and O–H groups in total. The number of piperidine rings is 1. The summed E-state index contributed by atoms with van der Waals surface area (Å²) in [5.74, 6) is 0.593. The molecule has 7 nitrogen and oxygen atoms in total. The number of rotatable bonds is 4. The lowest BCUT2D eigenvalue weighted by Gasteiger charge is -2.35. The molecule has 2 aliphatic rings. The highest BCUT2D eigenvalue weighted by Crippen LogP contribution is 2.24. The maximum atomic E-state index is 12.6. The van der Waals surface area contributed by atoms with Crippen molar-refractivity contribution in [2.45, 2.75) is 31.8 Å². The molecule has 1 aromatic rings. The predicted molar refractivity (Wildman–Crippen MR) is 96.0 cm³/mol. The van der Waals surface area contributed by atoms with E-state index in [1.165, 1.54) is 4.90 Å². The lowest BCUT2D eigenvalue weighted by Crippen LogP contribution is -2.45. The lowest BCUT2D eigenvalue weighted by molar-refractivity contribution is -0.140. The zero-order valence-corrected chi connectivity index (χ0v) is 15.5. The molecule has 2 amide bonds. The minimum atomic E-state index is -0.125. The Morgan fingerprint density at radius 2 is 1.88 bits per heavy atom. The van der Waals surface area contributed by atoms with Crippen molar-refractivity contribution in [3.05, 3.63) is 23.9 Å². The third-order valence-electron chi connectivity index (χ3n) is 5.01. The van der Waals surface area contributed by atoms with Gasteiger partial charge in [0.25, 0.3) is 5.91 Å². The molecule has 1 aromatic heterocycles. The smallest absolute Gasteiger partial charge is 0.258 e. The van der Waals surface area contributed by atoms with Crippen molar-refractivity contribution in [3.8, 4) is 5.88 Å². The zero-order chi connectivity index (χ0) is 18.5. The Kier molecular flexibility index (Phi) is 6.08. The van der Waals surface area contributed by atoms with E-state index in [1.54, 1.807) is 32.4 Å². The van der Waals surface area contributed by atoms with Gasteiger partial charge in [-0.05, 0) is 25.0 Å². The first-order valence-corrected chi connectivity index (χ1v) is 9.26. The number of pyridine rings is 1. The average molecular weight is 361 g/mol. The summed E-state index contributed by atoms with van der Waals surface area (Å²) in [6, 6.07) is 3.47. The third kappa shape index (κ3) is 4.33. The first kappa shape index (κ1) is 18.6. The normalized spacial score (nSPS) is 19.2. The van der Waals surface area contributed by atoms with E-state index in [1.807, 2.05) is 4.90 Å². The van der Waals surface area contributed by atoms with E-state index in [0.29, 0.717) is 37.7 Å². The molecule has 0 unspecified atom stereocenters. The van der Waals surface area contributed by atoms with Crippen molar-refractivity contribution in [2.75, 3.05) is 40.4 Å². The fourth-order valence-corrected chi connectivity index (χ4v) is 3.44. The fourth-order valence-electron chi connectivity index (χ4n) is 3.44. The minimum absolute atomic E-state index is 0.0302. The first-order valence-electron chi connectivity index (χ1n) is 9.26. The average Bonchev–Trinajstić information content (AvgIpc) is 2.68. The molecular formula is C19H27N3O4. The van der Waals surface area contributed by atoms with Gasteiger partial charge >= 0.3 is 0 Å². The van der Waals surface area contributed by atoms with Crippen molar-refractivity contribution in [3.63, 3.8) is 0 Å². The number of likely N-dealkylation sites (tertiary alicyclic amines) is 1. The van der Waals surface area contributed by atoms with Gasteiger partial charge in [0.15, 0.2) is 0 Å². The van der Waals surface area contributed by atoms with E-state index >= 15 is 0 Å². The molecule has 26 heavy (non-hydrogen) atoms. The van der Waals surface area contributed by atoms with E-state index in [-0.39, 0.29) is 23.8 Å². The number of hydrogen-bond donors (Lipinski definition) is 0. The first-order chi connectivity index (χ1) is 12.6. The summed E-state index contributed by atoms with van der Waals surface area (Å²) in [7, 11) is 3.42. The molecule has 142 valence electrons. The monoisotopic (exact) mass is 361 g/mol. The van der Waals surface area contributed by atoms with Crippen molar-refractivity contribution in [1.82, 2.24) is 14.8 Å². The molecule has 0 aromatic carbocycles. The van der Waals surface area contributed by atoms with Crippen LogP contribution >= 0.6 is 0 Å². The Morgan fingerprint density at radius 1 is 1.19 bits per heavy atom. The molecule has 0 radical (unpaired) electrons. The molecule has 2 saturated heterocycles. The SMILES string of the molecule is CN(C)C(=O)c1cccnc1OC1CCN(C(=O)C2CCOCC2)CC1. The van der Waals surface area contributed by atoms with Crippen LogP contribution in [0.4, 0.5) is 0 Å². The van der Waals surface area contributed by atoms with Crippen LogP contribution in [0.5, 0.6) is 5.88 Å². The summed E-state index contributed by atoms with van der Waals surface area (Å²) in [6.07, 6.45) is 4.74. The van der Waals surface area contributed by atoms with Gasteiger partial charge in [0, 0.05) is 65.4 Å². The Bertz CT molecular complexity index is 635. The van der Waals surface area contributed by atoms with Crippen LogP contribution in [0.25, 0.3) is 0 Å². The summed E-state index contributed by atoms with van der Waals surface area (Å²) in [5, 5.41) is 0. The summed E-state index contributed by atoms with van der Waals surface area (Å²) in [6.45, 7) is 2.73. The van der Waals surface area contributed by atoms with Crippen LogP contribution in [0, 0.1) is 5.92 Å². The van der Waals surface area contributed by atoms with Gasteiger partial charge in [-0.2, -0.15) is 0 Å². The summed E-state index contributed by atoms with van der Waals surface area (Å²) < 4.78 is 11.4. The van der Waals surface area contributed by atoms with Crippen molar-refractivity contribution >= 4 is 11.8 Å². The van der Waals surface area contributed by atoms with Crippen LogP contribution in [0.1, 0.15) is 36.0 Å². The Labute approximate surface area is 154 Å². The molecule has 0 atom stereocenters. The molecule has 0 saturated carbocycles.